The minimum absolute atomic E-state index is 0. The zero-order valence-electron chi connectivity index (χ0n) is 30.3. The van der Waals surface area contributed by atoms with Crippen LogP contribution in [-0.4, -0.2) is 82.9 Å². The summed E-state index contributed by atoms with van der Waals surface area (Å²) < 4.78 is 10.9. The van der Waals surface area contributed by atoms with E-state index < -0.39 is 47.7 Å². The number of nitrogens with one attached hydrogen (secondary N) is 2. The molecule has 3 aliphatic heterocycles. The molecule has 2 unspecified atom stereocenters. The topological polar surface area (TPSA) is 186 Å². The molecule has 0 bridgehead atoms. The van der Waals surface area contributed by atoms with E-state index in [4.69, 9.17) is 9.47 Å². The van der Waals surface area contributed by atoms with Crippen LogP contribution in [0, 0.1) is 0 Å². The number of ether oxygens (including phenoxy) is 2. The zero-order chi connectivity index (χ0) is 39.6. The van der Waals surface area contributed by atoms with E-state index in [0.717, 1.165) is 9.80 Å². The summed E-state index contributed by atoms with van der Waals surface area (Å²) in [5.74, 6) is -3.53. The van der Waals surface area contributed by atoms with Gasteiger partial charge in [-0.25, -0.2) is 9.59 Å². The molecule has 3 aliphatic rings. The highest BCUT2D eigenvalue weighted by Crippen LogP contribution is 2.26. The van der Waals surface area contributed by atoms with Crippen LogP contribution in [0.2, 0.25) is 0 Å². The molecular formula is C41H40N4O10. The highest BCUT2D eigenvalue weighted by Gasteiger charge is 2.36. The van der Waals surface area contributed by atoms with E-state index in [-0.39, 0.29) is 78.9 Å². The molecule has 7 rings (SSSR count). The van der Waals surface area contributed by atoms with Gasteiger partial charge in [-0.2, -0.15) is 0 Å². The van der Waals surface area contributed by atoms with Crippen molar-refractivity contribution in [2.45, 2.75) is 45.7 Å². The third kappa shape index (κ3) is 7.47. The van der Waals surface area contributed by atoms with Gasteiger partial charge in [0.25, 0.3) is 23.6 Å². The first-order chi connectivity index (χ1) is 26.4. The van der Waals surface area contributed by atoms with Gasteiger partial charge in [0.05, 0.1) is 33.4 Å². The largest absolute Gasteiger partial charge is 0.423 e. The normalized spacial score (nSPS) is 17.2. The summed E-state index contributed by atoms with van der Waals surface area (Å²) in [5.41, 5.74) is 2.35. The van der Waals surface area contributed by atoms with Gasteiger partial charge >= 0.3 is 11.9 Å². The lowest BCUT2D eigenvalue weighted by molar-refractivity contribution is -0.136. The van der Waals surface area contributed by atoms with Crippen LogP contribution in [0.25, 0.3) is 0 Å². The van der Waals surface area contributed by atoms with Crippen molar-refractivity contribution in [1.82, 2.24) is 20.4 Å². The van der Waals surface area contributed by atoms with Crippen LogP contribution >= 0.6 is 0 Å². The van der Waals surface area contributed by atoms with Gasteiger partial charge in [-0.05, 0) is 78.7 Å². The minimum atomic E-state index is -0.837. The Morgan fingerprint density at radius 1 is 0.582 bits per heavy atom. The molecule has 0 aromatic heterocycles. The van der Waals surface area contributed by atoms with Gasteiger partial charge in [0.1, 0.15) is 23.6 Å². The Balaban J connectivity index is 0.00000177. The van der Waals surface area contributed by atoms with E-state index in [1.54, 1.807) is 55.5 Å². The Morgan fingerprint density at radius 2 is 0.964 bits per heavy atom. The third-order valence-electron chi connectivity index (χ3n) is 9.26. The molecule has 0 radical (unpaired) electrons. The Morgan fingerprint density at radius 3 is 1.40 bits per heavy atom. The predicted octanol–water partition coefficient (Wildman–Crippen LogP) is 4.25. The smallest absolute Gasteiger partial charge is 0.343 e. The van der Waals surface area contributed by atoms with Crippen LogP contribution in [0.4, 0.5) is 0 Å². The van der Waals surface area contributed by atoms with Crippen LogP contribution in [-0.2, 0) is 22.4 Å². The Hall–Kier alpha value is -6.96. The first-order valence-corrected chi connectivity index (χ1v) is 17.6. The molecule has 6 amide bonds. The van der Waals surface area contributed by atoms with Gasteiger partial charge in [0.2, 0.25) is 11.8 Å². The van der Waals surface area contributed by atoms with Crippen LogP contribution in [0.3, 0.4) is 0 Å². The monoisotopic (exact) mass is 748 g/mol. The molecule has 0 saturated carbocycles. The highest BCUT2D eigenvalue weighted by atomic mass is 16.5. The third-order valence-corrected chi connectivity index (χ3v) is 9.26. The van der Waals surface area contributed by atoms with E-state index in [9.17, 15) is 38.4 Å². The number of carbonyl (C=O) groups excluding carboxylic acids is 8. The quantitative estimate of drug-likeness (QED) is 0.142. The fourth-order valence-electron chi connectivity index (χ4n) is 6.35. The minimum Gasteiger partial charge on any atom is -0.423 e. The second-order valence-corrected chi connectivity index (χ2v) is 12.6. The second-order valence-electron chi connectivity index (χ2n) is 12.6. The van der Waals surface area contributed by atoms with E-state index in [0.29, 0.717) is 11.1 Å². The number of hydrogen-bond donors (Lipinski definition) is 2. The molecule has 2 N–H and O–H groups in total. The molecule has 14 heteroatoms. The number of hydrogen-bond acceptors (Lipinski definition) is 10. The number of piperazine rings is 1. The predicted molar refractivity (Wildman–Crippen MR) is 200 cm³/mol. The molecule has 1 saturated heterocycles. The lowest BCUT2D eigenvalue weighted by Crippen LogP contribution is -2.62. The van der Waals surface area contributed by atoms with E-state index in [1.165, 1.54) is 43.4 Å². The van der Waals surface area contributed by atoms with Gasteiger partial charge in [-0.1, -0.05) is 38.1 Å². The molecule has 0 spiro atoms. The average Bonchev–Trinajstić information content (AvgIpc) is 3.57. The summed E-state index contributed by atoms with van der Waals surface area (Å²) in [6.07, 6.45) is 0.359. The number of rotatable bonds is 9. The molecule has 2 atom stereocenters. The molecule has 284 valence electrons. The molecule has 55 heavy (non-hydrogen) atoms. The maximum Gasteiger partial charge on any atom is 0.343 e. The molecule has 4 aromatic carbocycles. The number of fused-ring (bicyclic) bond motifs is 2. The first kappa shape index (κ1) is 37.8. The van der Waals surface area contributed by atoms with Crippen molar-refractivity contribution in [3.8, 4) is 11.5 Å². The van der Waals surface area contributed by atoms with E-state index >= 15 is 0 Å². The first-order valence-electron chi connectivity index (χ1n) is 17.6. The van der Waals surface area contributed by atoms with Crippen molar-refractivity contribution < 1.29 is 50.7 Å². The van der Waals surface area contributed by atoms with Crippen LogP contribution in [0.5, 0.6) is 11.5 Å². The number of nitrogens with zero attached hydrogens (tertiary/aromatic N) is 2. The summed E-state index contributed by atoms with van der Waals surface area (Å²) in [7, 11) is 1.37. The number of esters is 2. The molecule has 0 aliphatic carbocycles. The number of amides is 6. The Bertz CT molecular complexity index is 2280. The maximum atomic E-state index is 13.0. The molecule has 14 nitrogen and oxygen atoms in total. The van der Waals surface area contributed by atoms with Gasteiger partial charge < -0.3 is 20.1 Å². The fraction of sp³-hybridized carbons (Fsp3) is 0.220. The number of benzene rings is 4. The van der Waals surface area contributed by atoms with Gasteiger partial charge in [0, 0.05) is 29.3 Å². The second kappa shape index (κ2) is 15.6. The molecule has 3 heterocycles. The van der Waals surface area contributed by atoms with Crippen molar-refractivity contribution in [1.29, 1.82) is 0 Å². The number of imide groups is 2. The molecular weight excluding hydrogens is 708 g/mol. The van der Waals surface area contributed by atoms with Gasteiger partial charge in [0.15, 0.2) is 0 Å². The zero-order valence-corrected chi connectivity index (χ0v) is 30.3. The number of carbonyl (C=O) groups is 8. The van der Waals surface area contributed by atoms with Crippen LogP contribution in [0.15, 0.2) is 84.9 Å². The van der Waals surface area contributed by atoms with Crippen molar-refractivity contribution in [2.75, 3.05) is 13.6 Å². The lowest BCUT2D eigenvalue weighted by atomic mass is 9.98. The maximum absolute atomic E-state index is 13.0. The van der Waals surface area contributed by atoms with E-state index in [2.05, 4.69) is 10.6 Å². The molecule has 4 aromatic rings. The summed E-state index contributed by atoms with van der Waals surface area (Å²) in [4.78, 5) is 103. The van der Waals surface area contributed by atoms with Crippen molar-refractivity contribution in [2.24, 2.45) is 0 Å². The van der Waals surface area contributed by atoms with Crippen molar-refractivity contribution in [3.63, 3.8) is 0 Å². The summed E-state index contributed by atoms with van der Waals surface area (Å²) in [6, 6.07) is 19.5. The van der Waals surface area contributed by atoms with Crippen molar-refractivity contribution >= 4 is 47.4 Å². The van der Waals surface area contributed by atoms with Crippen molar-refractivity contribution in [3.05, 3.63) is 129 Å². The van der Waals surface area contributed by atoms with Gasteiger partial charge in [-0.3, -0.25) is 38.6 Å². The van der Waals surface area contributed by atoms with Gasteiger partial charge in [-0.15, -0.1) is 0 Å². The standard InChI is InChI=1S/C39H30N4O10.C2H6.2H2/c1-3-43-36(48)27-15-9-23(19-29(27)37(43)49)39(51)53-25-12-6-21(7-13-25)17-31-33(45)40-30(32(44)41-31)16-20-4-10-24(11-5-20)52-38(50)22-8-14-26-28(18-22)35(47)42(2)34(26)46;1-2;;/h4-15,18-19,30-31H,3,16-17H2,1-2H3,(H,40,45)(H,41,44);1-2H3;2*1H. The summed E-state index contributed by atoms with van der Waals surface area (Å²) in [5, 5.41) is 5.52. The van der Waals surface area contributed by atoms with Crippen LogP contribution < -0.4 is 20.1 Å². The molecule has 1 fully saturated rings. The summed E-state index contributed by atoms with van der Waals surface area (Å²) in [6.45, 7) is 5.91. The SMILES string of the molecule is CC.CCN1C(=O)c2ccc(C(=O)Oc3ccc(CC4NC(=O)C(Cc5ccc(OC(=O)c6ccc7c(c6)C(=O)N(C)C7=O)cc5)NC4=O)cc3)cc2C1=O.[HH].[HH]. The summed E-state index contributed by atoms with van der Waals surface area (Å²) >= 11 is 0. The van der Waals surface area contributed by atoms with Crippen LogP contribution in [0.1, 0.15) is 96.9 Å². The average molecular weight is 749 g/mol. The fourth-order valence-corrected chi connectivity index (χ4v) is 6.35. The Kier molecular flexibility index (Phi) is 10.7. The highest BCUT2D eigenvalue weighted by molar-refractivity contribution is 6.22. The van der Waals surface area contributed by atoms with E-state index in [1.807, 2.05) is 13.8 Å². The lowest BCUT2D eigenvalue weighted by Gasteiger charge is -2.29. The Labute approximate surface area is 318 Å².